The van der Waals surface area contributed by atoms with E-state index in [1.807, 2.05) is 49.5 Å². The van der Waals surface area contributed by atoms with E-state index >= 15 is 0 Å². The van der Waals surface area contributed by atoms with Crippen LogP contribution < -0.4 is 5.73 Å². The molecule has 0 aliphatic carbocycles. The van der Waals surface area contributed by atoms with E-state index in [2.05, 4.69) is 4.98 Å². The SMILES string of the molecule is C[C@H](N)c1ccc(-c2cccc(Cl)c2)cn1. The molecule has 2 rings (SSSR count). The quantitative estimate of drug-likeness (QED) is 0.862. The molecular formula is C13H13ClN2. The molecule has 1 aromatic heterocycles. The number of pyridine rings is 1. The molecule has 16 heavy (non-hydrogen) atoms. The van der Waals surface area contributed by atoms with Crippen molar-refractivity contribution in [1.82, 2.24) is 4.98 Å². The minimum Gasteiger partial charge on any atom is -0.323 e. The minimum absolute atomic E-state index is 0.0339. The predicted molar refractivity (Wildman–Crippen MR) is 67.3 cm³/mol. The lowest BCUT2D eigenvalue weighted by Crippen LogP contribution is -2.06. The van der Waals surface area contributed by atoms with Crippen molar-refractivity contribution in [3.63, 3.8) is 0 Å². The molecule has 3 heteroatoms. The van der Waals surface area contributed by atoms with Crippen LogP contribution in [0.3, 0.4) is 0 Å². The molecule has 2 nitrogen and oxygen atoms in total. The number of hydrogen-bond acceptors (Lipinski definition) is 2. The van der Waals surface area contributed by atoms with Gasteiger partial charge in [-0.25, -0.2) is 0 Å². The Balaban J connectivity index is 2.35. The van der Waals surface area contributed by atoms with Gasteiger partial charge in [-0.2, -0.15) is 0 Å². The molecule has 0 radical (unpaired) electrons. The fraction of sp³-hybridized carbons (Fsp3) is 0.154. The lowest BCUT2D eigenvalue weighted by molar-refractivity contribution is 0.781. The van der Waals surface area contributed by atoms with Crippen LogP contribution in [0.25, 0.3) is 11.1 Å². The third-order valence-electron chi connectivity index (χ3n) is 2.41. The van der Waals surface area contributed by atoms with Crippen LogP contribution in [0.5, 0.6) is 0 Å². The van der Waals surface area contributed by atoms with Crippen LogP contribution >= 0.6 is 11.6 Å². The maximum Gasteiger partial charge on any atom is 0.0568 e. The molecule has 0 aliphatic heterocycles. The third-order valence-corrected chi connectivity index (χ3v) is 2.65. The van der Waals surface area contributed by atoms with Gasteiger partial charge >= 0.3 is 0 Å². The molecule has 0 aliphatic rings. The lowest BCUT2D eigenvalue weighted by Gasteiger charge is -2.06. The molecule has 1 atom stereocenters. The lowest BCUT2D eigenvalue weighted by atomic mass is 10.1. The first-order chi connectivity index (χ1) is 7.66. The minimum atomic E-state index is -0.0339. The van der Waals surface area contributed by atoms with Gasteiger partial charge in [-0.1, -0.05) is 29.8 Å². The summed E-state index contributed by atoms with van der Waals surface area (Å²) in [4.78, 5) is 4.32. The number of benzene rings is 1. The van der Waals surface area contributed by atoms with Crippen LogP contribution in [0.1, 0.15) is 18.7 Å². The van der Waals surface area contributed by atoms with E-state index in [4.69, 9.17) is 17.3 Å². The molecule has 0 amide bonds. The Bertz CT molecular complexity index is 478. The summed E-state index contributed by atoms with van der Waals surface area (Å²) in [6.45, 7) is 1.92. The maximum atomic E-state index is 5.94. The van der Waals surface area contributed by atoms with Crippen LogP contribution in [-0.2, 0) is 0 Å². The second kappa shape index (κ2) is 4.64. The van der Waals surface area contributed by atoms with Crippen LogP contribution in [-0.4, -0.2) is 4.98 Å². The zero-order chi connectivity index (χ0) is 11.5. The summed E-state index contributed by atoms with van der Waals surface area (Å²) in [5.41, 5.74) is 8.75. The van der Waals surface area contributed by atoms with E-state index in [9.17, 15) is 0 Å². The zero-order valence-electron chi connectivity index (χ0n) is 9.02. The summed E-state index contributed by atoms with van der Waals surface area (Å²) in [6.07, 6.45) is 1.82. The van der Waals surface area contributed by atoms with Crippen molar-refractivity contribution in [1.29, 1.82) is 0 Å². The highest BCUT2D eigenvalue weighted by Gasteiger charge is 2.02. The molecular weight excluding hydrogens is 220 g/mol. The fourth-order valence-corrected chi connectivity index (χ4v) is 1.70. The number of hydrogen-bond donors (Lipinski definition) is 1. The normalized spacial score (nSPS) is 12.4. The second-order valence-corrected chi connectivity index (χ2v) is 4.21. The Labute approximate surface area is 100 Å². The summed E-state index contributed by atoms with van der Waals surface area (Å²) in [6, 6.07) is 11.6. The molecule has 2 aromatic rings. The van der Waals surface area contributed by atoms with E-state index in [0.717, 1.165) is 21.8 Å². The number of nitrogens with two attached hydrogens (primary N) is 1. The van der Waals surface area contributed by atoms with Crippen molar-refractivity contribution < 1.29 is 0 Å². The van der Waals surface area contributed by atoms with Crippen molar-refractivity contribution in [3.05, 3.63) is 53.3 Å². The molecule has 0 saturated carbocycles. The summed E-state index contributed by atoms with van der Waals surface area (Å²) >= 11 is 5.94. The van der Waals surface area contributed by atoms with Gasteiger partial charge in [0, 0.05) is 22.8 Å². The standard InChI is InChI=1S/C13H13ClN2/c1-9(15)13-6-5-11(8-16-13)10-3-2-4-12(14)7-10/h2-9H,15H2,1H3/t9-/m0/s1. The number of rotatable bonds is 2. The highest BCUT2D eigenvalue weighted by atomic mass is 35.5. The summed E-state index contributed by atoms with van der Waals surface area (Å²) in [5.74, 6) is 0. The van der Waals surface area contributed by atoms with Crippen molar-refractivity contribution in [3.8, 4) is 11.1 Å². The molecule has 0 fully saturated rings. The first-order valence-electron chi connectivity index (χ1n) is 5.14. The average Bonchev–Trinajstić information content (AvgIpc) is 2.29. The number of halogens is 1. The molecule has 0 spiro atoms. The Hall–Kier alpha value is -1.38. The monoisotopic (exact) mass is 232 g/mol. The average molecular weight is 233 g/mol. The van der Waals surface area contributed by atoms with Gasteiger partial charge in [0.05, 0.1) is 5.69 Å². The molecule has 0 unspecified atom stereocenters. The molecule has 1 heterocycles. The Morgan fingerprint density at radius 1 is 1.19 bits per heavy atom. The Morgan fingerprint density at radius 3 is 2.56 bits per heavy atom. The number of aromatic nitrogens is 1. The second-order valence-electron chi connectivity index (χ2n) is 3.77. The van der Waals surface area contributed by atoms with Gasteiger partial charge in [0.15, 0.2) is 0 Å². The first kappa shape index (κ1) is 11.1. The van der Waals surface area contributed by atoms with Gasteiger partial charge in [-0.15, -0.1) is 0 Å². The van der Waals surface area contributed by atoms with E-state index in [1.54, 1.807) is 0 Å². The fourth-order valence-electron chi connectivity index (χ4n) is 1.51. The van der Waals surface area contributed by atoms with Gasteiger partial charge < -0.3 is 5.73 Å². The summed E-state index contributed by atoms with van der Waals surface area (Å²) in [5, 5.41) is 0.730. The Kier molecular flexibility index (Phi) is 3.22. The first-order valence-corrected chi connectivity index (χ1v) is 5.52. The molecule has 82 valence electrons. The van der Waals surface area contributed by atoms with Crippen LogP contribution in [0.15, 0.2) is 42.6 Å². The van der Waals surface area contributed by atoms with E-state index < -0.39 is 0 Å². The largest absolute Gasteiger partial charge is 0.323 e. The highest BCUT2D eigenvalue weighted by molar-refractivity contribution is 6.30. The van der Waals surface area contributed by atoms with Crippen LogP contribution in [0, 0.1) is 0 Å². The van der Waals surface area contributed by atoms with Gasteiger partial charge in [-0.05, 0) is 30.7 Å². The van der Waals surface area contributed by atoms with Crippen molar-refractivity contribution in [2.75, 3.05) is 0 Å². The highest BCUT2D eigenvalue weighted by Crippen LogP contribution is 2.22. The van der Waals surface area contributed by atoms with Gasteiger partial charge in [-0.3, -0.25) is 4.98 Å². The van der Waals surface area contributed by atoms with Crippen LogP contribution in [0.4, 0.5) is 0 Å². The van der Waals surface area contributed by atoms with Crippen LogP contribution in [0.2, 0.25) is 5.02 Å². The number of nitrogens with zero attached hydrogens (tertiary/aromatic N) is 1. The van der Waals surface area contributed by atoms with E-state index in [1.165, 1.54) is 0 Å². The van der Waals surface area contributed by atoms with Crippen molar-refractivity contribution in [2.24, 2.45) is 5.73 Å². The maximum absolute atomic E-state index is 5.94. The summed E-state index contributed by atoms with van der Waals surface area (Å²) in [7, 11) is 0. The topological polar surface area (TPSA) is 38.9 Å². The summed E-state index contributed by atoms with van der Waals surface area (Å²) < 4.78 is 0. The Morgan fingerprint density at radius 2 is 2.00 bits per heavy atom. The van der Waals surface area contributed by atoms with Crippen molar-refractivity contribution >= 4 is 11.6 Å². The van der Waals surface area contributed by atoms with E-state index in [0.29, 0.717) is 0 Å². The van der Waals surface area contributed by atoms with Crippen molar-refractivity contribution in [2.45, 2.75) is 13.0 Å². The molecule has 1 aromatic carbocycles. The zero-order valence-corrected chi connectivity index (χ0v) is 9.78. The van der Waals surface area contributed by atoms with E-state index in [-0.39, 0.29) is 6.04 Å². The molecule has 2 N–H and O–H groups in total. The smallest absolute Gasteiger partial charge is 0.0568 e. The van der Waals surface area contributed by atoms with Gasteiger partial charge in [0.1, 0.15) is 0 Å². The van der Waals surface area contributed by atoms with Gasteiger partial charge in [0.2, 0.25) is 0 Å². The van der Waals surface area contributed by atoms with Gasteiger partial charge in [0.25, 0.3) is 0 Å². The molecule has 0 bridgehead atoms. The third kappa shape index (κ3) is 2.40. The predicted octanol–water partition coefficient (Wildman–Crippen LogP) is 3.42. The molecule has 0 saturated heterocycles.